The first-order chi connectivity index (χ1) is 10.8. The molecule has 5 heteroatoms. The number of rotatable bonds is 4. The molecule has 0 radical (unpaired) electrons. The average molecular weight is 318 g/mol. The van der Waals surface area contributed by atoms with Gasteiger partial charge in [0.2, 0.25) is 0 Å². The molecule has 0 aromatic carbocycles. The Kier molecular flexibility index (Phi) is 3.98. The van der Waals surface area contributed by atoms with E-state index in [0.29, 0.717) is 25.0 Å². The van der Waals surface area contributed by atoms with E-state index in [4.69, 9.17) is 0 Å². The van der Waals surface area contributed by atoms with Crippen LogP contribution in [-0.4, -0.2) is 39.5 Å². The summed E-state index contributed by atoms with van der Waals surface area (Å²) >= 11 is 0. The molecule has 2 fully saturated rings. The van der Waals surface area contributed by atoms with Crippen LogP contribution in [0.25, 0.3) is 0 Å². The third-order valence-corrected chi connectivity index (χ3v) is 5.43. The molecule has 1 aromatic heterocycles. The van der Waals surface area contributed by atoms with Crippen molar-refractivity contribution < 1.29 is 14.7 Å². The van der Waals surface area contributed by atoms with Crippen molar-refractivity contribution in [3.63, 3.8) is 0 Å². The van der Waals surface area contributed by atoms with Crippen LogP contribution in [-0.2, 0) is 4.79 Å². The van der Waals surface area contributed by atoms with E-state index in [1.807, 2.05) is 19.9 Å². The molecule has 1 amide bonds. The predicted molar refractivity (Wildman–Crippen MR) is 87.5 cm³/mol. The first kappa shape index (κ1) is 16.1. The molecule has 0 unspecified atom stereocenters. The number of aromatic nitrogens is 1. The number of carboxylic acids is 1. The van der Waals surface area contributed by atoms with Crippen LogP contribution in [0.15, 0.2) is 6.07 Å². The number of aryl methyl sites for hydroxylation is 1. The van der Waals surface area contributed by atoms with Gasteiger partial charge in [-0.3, -0.25) is 9.59 Å². The lowest BCUT2D eigenvalue weighted by Crippen LogP contribution is -2.30. The number of nitrogens with zero attached hydrogens (tertiary/aromatic N) is 2. The van der Waals surface area contributed by atoms with E-state index in [-0.39, 0.29) is 11.8 Å². The zero-order valence-electron chi connectivity index (χ0n) is 14.4. The molecule has 1 aliphatic carbocycles. The molecule has 2 heterocycles. The zero-order chi connectivity index (χ0) is 16.9. The molecular weight excluding hydrogens is 292 g/mol. The second kappa shape index (κ2) is 5.69. The fourth-order valence-corrected chi connectivity index (χ4v) is 4.22. The molecule has 3 rings (SSSR count). The summed E-state index contributed by atoms with van der Waals surface area (Å²) in [6.07, 6.45) is 2.22. The van der Waals surface area contributed by atoms with Crippen LogP contribution in [0, 0.1) is 31.6 Å². The quantitative estimate of drug-likeness (QED) is 0.928. The Morgan fingerprint density at radius 3 is 2.35 bits per heavy atom. The molecule has 1 N–H and O–H groups in total. The van der Waals surface area contributed by atoms with E-state index in [1.165, 1.54) is 0 Å². The largest absolute Gasteiger partial charge is 0.481 e. The number of aliphatic carboxylic acids is 1. The number of hydrogen-bond acceptors (Lipinski definition) is 2. The monoisotopic (exact) mass is 318 g/mol. The second-order valence-electron chi connectivity index (χ2n) is 7.40. The van der Waals surface area contributed by atoms with Crippen molar-refractivity contribution in [3.8, 4) is 0 Å². The summed E-state index contributed by atoms with van der Waals surface area (Å²) in [6.45, 7) is 9.14. The van der Waals surface area contributed by atoms with Crippen molar-refractivity contribution in [2.75, 3.05) is 13.1 Å². The van der Waals surface area contributed by atoms with Gasteiger partial charge in [-0.05, 0) is 58.4 Å². The van der Waals surface area contributed by atoms with Crippen LogP contribution in [0.3, 0.4) is 0 Å². The topological polar surface area (TPSA) is 62.5 Å². The fraction of sp³-hybridized carbons (Fsp3) is 0.667. The predicted octanol–water partition coefficient (Wildman–Crippen LogP) is 2.87. The lowest BCUT2D eigenvalue weighted by atomic mass is 9.92. The van der Waals surface area contributed by atoms with Crippen molar-refractivity contribution in [2.24, 2.45) is 17.8 Å². The van der Waals surface area contributed by atoms with Gasteiger partial charge >= 0.3 is 5.97 Å². The van der Waals surface area contributed by atoms with E-state index in [0.717, 1.165) is 29.8 Å². The highest BCUT2D eigenvalue weighted by molar-refractivity contribution is 5.96. The van der Waals surface area contributed by atoms with Crippen LogP contribution in [0.5, 0.6) is 0 Å². The smallest absolute Gasteiger partial charge is 0.308 e. The second-order valence-corrected chi connectivity index (χ2v) is 7.40. The van der Waals surface area contributed by atoms with E-state index in [2.05, 4.69) is 18.4 Å². The number of likely N-dealkylation sites (tertiary alicyclic amines) is 1. The van der Waals surface area contributed by atoms with Gasteiger partial charge in [-0.2, -0.15) is 0 Å². The van der Waals surface area contributed by atoms with Crippen LogP contribution in [0.4, 0.5) is 0 Å². The highest BCUT2D eigenvalue weighted by Gasteiger charge is 2.47. The maximum Gasteiger partial charge on any atom is 0.308 e. The van der Waals surface area contributed by atoms with Gasteiger partial charge in [0.15, 0.2) is 0 Å². The van der Waals surface area contributed by atoms with Gasteiger partial charge in [0.05, 0.1) is 11.5 Å². The minimum absolute atomic E-state index is 0.0144. The molecule has 2 atom stereocenters. The van der Waals surface area contributed by atoms with Crippen LogP contribution >= 0.6 is 0 Å². The molecule has 23 heavy (non-hydrogen) atoms. The molecule has 0 bridgehead atoms. The maximum atomic E-state index is 12.9. The lowest BCUT2D eigenvalue weighted by Gasteiger charge is -2.17. The summed E-state index contributed by atoms with van der Waals surface area (Å²) in [5.74, 6) is -0.550. The molecule has 5 nitrogen and oxygen atoms in total. The van der Waals surface area contributed by atoms with Crippen molar-refractivity contribution in [2.45, 2.75) is 46.6 Å². The first-order valence-electron chi connectivity index (χ1n) is 8.51. The van der Waals surface area contributed by atoms with Gasteiger partial charge in [-0.1, -0.05) is 0 Å². The Morgan fingerprint density at radius 2 is 1.87 bits per heavy atom. The van der Waals surface area contributed by atoms with Crippen LogP contribution in [0.1, 0.15) is 54.5 Å². The third-order valence-electron chi connectivity index (χ3n) is 5.43. The molecule has 0 spiro atoms. The molecule has 1 aromatic rings. The summed E-state index contributed by atoms with van der Waals surface area (Å²) in [6, 6.07) is 2.25. The van der Waals surface area contributed by atoms with E-state index in [1.54, 1.807) is 4.90 Å². The molecule has 1 saturated carbocycles. The van der Waals surface area contributed by atoms with Gasteiger partial charge < -0.3 is 14.6 Å². The number of hydrogen-bond donors (Lipinski definition) is 1. The van der Waals surface area contributed by atoms with Gasteiger partial charge in [-0.25, -0.2) is 0 Å². The fourth-order valence-electron chi connectivity index (χ4n) is 4.22. The van der Waals surface area contributed by atoms with Crippen LogP contribution in [0.2, 0.25) is 0 Å². The molecule has 2 aliphatic rings. The number of amides is 1. The Bertz CT molecular complexity index is 643. The van der Waals surface area contributed by atoms with E-state index < -0.39 is 11.9 Å². The highest BCUT2D eigenvalue weighted by Crippen LogP contribution is 2.44. The minimum Gasteiger partial charge on any atom is -0.481 e. The molecule has 1 aliphatic heterocycles. The van der Waals surface area contributed by atoms with E-state index in [9.17, 15) is 14.7 Å². The van der Waals surface area contributed by atoms with Gasteiger partial charge in [0.25, 0.3) is 5.91 Å². The summed E-state index contributed by atoms with van der Waals surface area (Å²) in [7, 11) is 0. The van der Waals surface area contributed by atoms with Crippen molar-refractivity contribution in [3.05, 3.63) is 23.0 Å². The summed E-state index contributed by atoms with van der Waals surface area (Å²) < 4.78 is 2.16. The normalized spacial score (nSPS) is 24.5. The van der Waals surface area contributed by atoms with Crippen LogP contribution < -0.4 is 0 Å². The van der Waals surface area contributed by atoms with Crippen molar-refractivity contribution in [1.29, 1.82) is 0 Å². The highest BCUT2D eigenvalue weighted by atomic mass is 16.4. The Labute approximate surface area is 137 Å². The van der Waals surface area contributed by atoms with Gasteiger partial charge in [-0.15, -0.1) is 0 Å². The molecule has 126 valence electrons. The summed E-state index contributed by atoms with van der Waals surface area (Å²) in [4.78, 5) is 26.2. The first-order valence-corrected chi connectivity index (χ1v) is 8.51. The number of carboxylic acid groups (broad SMARTS) is 1. The molecule has 1 saturated heterocycles. The van der Waals surface area contributed by atoms with E-state index >= 15 is 0 Å². The number of carbonyl (C=O) groups is 2. The van der Waals surface area contributed by atoms with Crippen molar-refractivity contribution >= 4 is 11.9 Å². The maximum absolute atomic E-state index is 12.9. The summed E-state index contributed by atoms with van der Waals surface area (Å²) in [5, 5.41) is 9.46. The lowest BCUT2D eigenvalue weighted by molar-refractivity contribution is -0.142. The summed E-state index contributed by atoms with van der Waals surface area (Å²) in [5.41, 5.74) is 2.77. The molecular formula is C18H26N2O3. The van der Waals surface area contributed by atoms with Gasteiger partial charge in [0.1, 0.15) is 0 Å². The Hall–Kier alpha value is -1.78. The minimum atomic E-state index is -0.759. The SMILES string of the molecule is Cc1cc(C(=O)N2C[C@H](C(=O)O)[C@@H](C3CC3)C2)c(C)n1C(C)C. The average Bonchev–Trinajstić information content (AvgIpc) is 3.13. The third kappa shape index (κ3) is 2.77. The van der Waals surface area contributed by atoms with Gasteiger partial charge in [0, 0.05) is 30.5 Å². The standard InChI is InChI=1S/C18H26N2O3/c1-10(2)20-11(3)7-14(12(20)4)17(21)19-8-15(13-5-6-13)16(9-19)18(22)23/h7,10,13,15-16H,5-6,8-9H2,1-4H3,(H,22,23)/t15-,16+/m1/s1. The Balaban J connectivity index is 1.84. The zero-order valence-corrected chi connectivity index (χ0v) is 14.4. The number of carbonyl (C=O) groups excluding carboxylic acids is 1. The Morgan fingerprint density at radius 1 is 1.22 bits per heavy atom. The van der Waals surface area contributed by atoms with Crippen molar-refractivity contribution in [1.82, 2.24) is 9.47 Å².